The molecular formula is C8H9N3. The van der Waals surface area contributed by atoms with Crippen molar-refractivity contribution in [3.63, 3.8) is 0 Å². The monoisotopic (exact) mass is 147 g/mol. The first kappa shape index (κ1) is 7.63. The fourth-order valence-corrected chi connectivity index (χ4v) is 1.19. The molecule has 11 heavy (non-hydrogen) atoms. The molecule has 1 aliphatic carbocycles. The molecule has 1 rings (SSSR count). The standard InChI is InChI=1S/C8H9N3/c9-4-6-1-2-8(11)7(3-6)5-10/h6H,1-3,11H2. The Bertz CT molecular complexity index is 264. The minimum absolute atomic E-state index is 0.00282. The molecule has 1 atom stereocenters. The van der Waals surface area contributed by atoms with Crippen molar-refractivity contribution in [2.24, 2.45) is 11.7 Å². The molecule has 0 aromatic heterocycles. The van der Waals surface area contributed by atoms with Gasteiger partial charge in [-0.1, -0.05) is 0 Å². The van der Waals surface area contributed by atoms with Gasteiger partial charge in [0.2, 0.25) is 0 Å². The van der Waals surface area contributed by atoms with Crippen LogP contribution in [0.15, 0.2) is 11.3 Å². The van der Waals surface area contributed by atoms with Crippen molar-refractivity contribution in [2.45, 2.75) is 19.3 Å². The number of nitrogens with zero attached hydrogens (tertiary/aromatic N) is 2. The van der Waals surface area contributed by atoms with Gasteiger partial charge in [0.15, 0.2) is 0 Å². The summed E-state index contributed by atoms with van der Waals surface area (Å²) < 4.78 is 0. The predicted molar refractivity (Wildman–Crippen MR) is 39.8 cm³/mol. The number of nitrogens with two attached hydrogens (primary N) is 1. The van der Waals surface area contributed by atoms with Gasteiger partial charge in [0.05, 0.1) is 18.1 Å². The van der Waals surface area contributed by atoms with Crippen LogP contribution in [-0.2, 0) is 0 Å². The molecule has 56 valence electrons. The molecule has 0 bridgehead atoms. The number of hydrogen-bond acceptors (Lipinski definition) is 3. The van der Waals surface area contributed by atoms with Crippen LogP contribution in [0.4, 0.5) is 0 Å². The molecular weight excluding hydrogens is 138 g/mol. The van der Waals surface area contributed by atoms with Crippen LogP contribution in [-0.4, -0.2) is 0 Å². The van der Waals surface area contributed by atoms with Crippen LogP contribution >= 0.6 is 0 Å². The van der Waals surface area contributed by atoms with Crippen LogP contribution in [0.1, 0.15) is 19.3 Å². The van der Waals surface area contributed by atoms with E-state index >= 15 is 0 Å². The normalized spacial score (nSPS) is 24.0. The fraction of sp³-hybridized carbons (Fsp3) is 0.500. The number of hydrogen-bond donors (Lipinski definition) is 1. The van der Waals surface area contributed by atoms with E-state index in [-0.39, 0.29) is 5.92 Å². The van der Waals surface area contributed by atoms with Gasteiger partial charge in [-0.15, -0.1) is 0 Å². The van der Waals surface area contributed by atoms with Gasteiger partial charge in [-0.3, -0.25) is 0 Å². The van der Waals surface area contributed by atoms with Crippen LogP contribution in [0.2, 0.25) is 0 Å². The summed E-state index contributed by atoms with van der Waals surface area (Å²) in [6.45, 7) is 0. The van der Waals surface area contributed by atoms with Crippen molar-refractivity contribution in [3.8, 4) is 12.1 Å². The first-order valence-corrected chi connectivity index (χ1v) is 3.55. The summed E-state index contributed by atoms with van der Waals surface area (Å²) in [5.74, 6) is -0.00282. The summed E-state index contributed by atoms with van der Waals surface area (Å²) in [5.41, 5.74) is 6.82. The molecule has 0 fully saturated rings. The van der Waals surface area contributed by atoms with Crippen molar-refractivity contribution >= 4 is 0 Å². The summed E-state index contributed by atoms with van der Waals surface area (Å²) >= 11 is 0. The van der Waals surface area contributed by atoms with Gasteiger partial charge in [-0.05, 0) is 19.3 Å². The highest BCUT2D eigenvalue weighted by atomic mass is 14.6. The molecule has 0 amide bonds. The molecule has 0 radical (unpaired) electrons. The molecule has 1 aliphatic rings. The van der Waals surface area contributed by atoms with Gasteiger partial charge in [-0.2, -0.15) is 10.5 Å². The minimum atomic E-state index is -0.00282. The van der Waals surface area contributed by atoms with Crippen LogP contribution in [0, 0.1) is 28.6 Å². The van der Waals surface area contributed by atoms with Gasteiger partial charge in [-0.25, -0.2) is 0 Å². The number of rotatable bonds is 0. The maximum absolute atomic E-state index is 8.58. The fourth-order valence-electron chi connectivity index (χ4n) is 1.19. The quantitative estimate of drug-likeness (QED) is 0.556. The lowest BCUT2D eigenvalue weighted by Gasteiger charge is -2.15. The molecule has 3 heteroatoms. The van der Waals surface area contributed by atoms with E-state index < -0.39 is 0 Å². The average Bonchev–Trinajstić information content (AvgIpc) is 2.05. The lowest BCUT2D eigenvalue weighted by atomic mass is 9.88. The minimum Gasteiger partial charge on any atom is -0.401 e. The summed E-state index contributed by atoms with van der Waals surface area (Å²) in [6.07, 6.45) is 2.04. The third kappa shape index (κ3) is 1.50. The Kier molecular flexibility index (Phi) is 2.13. The molecule has 0 saturated carbocycles. The average molecular weight is 147 g/mol. The van der Waals surface area contributed by atoms with E-state index in [2.05, 4.69) is 6.07 Å². The second-order valence-corrected chi connectivity index (χ2v) is 2.68. The molecule has 0 aromatic carbocycles. The van der Waals surface area contributed by atoms with E-state index in [9.17, 15) is 0 Å². The molecule has 3 nitrogen and oxygen atoms in total. The van der Waals surface area contributed by atoms with Crippen molar-refractivity contribution in [2.75, 3.05) is 0 Å². The SMILES string of the molecule is N#CC1=C(N)CCC(C#N)C1. The number of nitriles is 2. The van der Waals surface area contributed by atoms with Gasteiger partial charge in [0.1, 0.15) is 0 Å². The Morgan fingerprint density at radius 1 is 1.45 bits per heavy atom. The molecule has 0 heterocycles. The van der Waals surface area contributed by atoms with Crippen molar-refractivity contribution in [3.05, 3.63) is 11.3 Å². The Labute approximate surface area is 65.7 Å². The largest absolute Gasteiger partial charge is 0.401 e. The van der Waals surface area contributed by atoms with Gasteiger partial charge >= 0.3 is 0 Å². The summed E-state index contributed by atoms with van der Waals surface area (Å²) in [4.78, 5) is 0. The highest BCUT2D eigenvalue weighted by Crippen LogP contribution is 2.25. The third-order valence-electron chi connectivity index (χ3n) is 1.92. The maximum atomic E-state index is 8.58. The summed E-state index contributed by atoms with van der Waals surface area (Å²) in [7, 11) is 0. The first-order chi connectivity index (χ1) is 5.27. The Morgan fingerprint density at radius 2 is 2.18 bits per heavy atom. The van der Waals surface area contributed by atoms with Crippen LogP contribution in [0.3, 0.4) is 0 Å². The van der Waals surface area contributed by atoms with E-state index in [0.717, 1.165) is 6.42 Å². The zero-order valence-electron chi connectivity index (χ0n) is 6.17. The van der Waals surface area contributed by atoms with Gasteiger partial charge in [0.25, 0.3) is 0 Å². The Hall–Kier alpha value is -1.48. The summed E-state index contributed by atoms with van der Waals surface area (Å²) in [6, 6.07) is 4.17. The Balaban J connectivity index is 2.77. The van der Waals surface area contributed by atoms with Crippen LogP contribution < -0.4 is 5.73 Å². The van der Waals surface area contributed by atoms with Crippen molar-refractivity contribution in [1.29, 1.82) is 10.5 Å². The van der Waals surface area contributed by atoms with Gasteiger partial charge < -0.3 is 5.73 Å². The second kappa shape index (κ2) is 3.07. The van der Waals surface area contributed by atoms with E-state index in [0.29, 0.717) is 24.1 Å². The third-order valence-corrected chi connectivity index (χ3v) is 1.92. The molecule has 0 aliphatic heterocycles. The second-order valence-electron chi connectivity index (χ2n) is 2.68. The zero-order valence-corrected chi connectivity index (χ0v) is 6.17. The highest BCUT2D eigenvalue weighted by Gasteiger charge is 2.18. The lowest BCUT2D eigenvalue weighted by Crippen LogP contribution is -2.13. The zero-order chi connectivity index (χ0) is 8.27. The van der Waals surface area contributed by atoms with Crippen molar-refractivity contribution < 1.29 is 0 Å². The summed E-state index contributed by atoms with van der Waals surface area (Å²) in [5, 5.41) is 17.1. The first-order valence-electron chi connectivity index (χ1n) is 3.55. The Morgan fingerprint density at radius 3 is 2.73 bits per heavy atom. The van der Waals surface area contributed by atoms with E-state index in [1.165, 1.54) is 0 Å². The lowest BCUT2D eigenvalue weighted by molar-refractivity contribution is 0.563. The van der Waals surface area contributed by atoms with Crippen molar-refractivity contribution in [1.82, 2.24) is 0 Å². The molecule has 0 aromatic rings. The van der Waals surface area contributed by atoms with E-state index in [4.69, 9.17) is 16.3 Å². The maximum Gasteiger partial charge on any atom is 0.0965 e. The highest BCUT2D eigenvalue weighted by molar-refractivity contribution is 5.29. The van der Waals surface area contributed by atoms with E-state index in [1.54, 1.807) is 0 Å². The molecule has 0 saturated heterocycles. The van der Waals surface area contributed by atoms with Crippen LogP contribution in [0.25, 0.3) is 0 Å². The van der Waals surface area contributed by atoms with Gasteiger partial charge in [0, 0.05) is 11.3 Å². The molecule has 0 spiro atoms. The topological polar surface area (TPSA) is 73.6 Å². The molecule has 2 N–H and O–H groups in total. The number of allylic oxidation sites excluding steroid dienone is 2. The van der Waals surface area contributed by atoms with E-state index in [1.807, 2.05) is 6.07 Å². The smallest absolute Gasteiger partial charge is 0.0965 e. The van der Waals surface area contributed by atoms with Crippen LogP contribution in [0.5, 0.6) is 0 Å². The molecule has 1 unspecified atom stereocenters. The predicted octanol–water partition coefficient (Wildman–Crippen LogP) is 1.05.